The fraction of sp³-hybridized carbons (Fsp3) is 0.412. The van der Waals surface area contributed by atoms with E-state index in [4.69, 9.17) is 0 Å². The van der Waals surface area contributed by atoms with Crippen molar-refractivity contribution in [3.8, 4) is 0 Å². The van der Waals surface area contributed by atoms with Gasteiger partial charge in [-0.25, -0.2) is 14.6 Å². The Morgan fingerprint density at radius 3 is 2.56 bits per heavy atom. The van der Waals surface area contributed by atoms with Crippen LogP contribution in [0.2, 0.25) is 0 Å². The van der Waals surface area contributed by atoms with Crippen molar-refractivity contribution in [1.29, 1.82) is 0 Å². The number of nitrogens with zero attached hydrogens (tertiary/aromatic N) is 7. The molecule has 0 N–H and O–H groups in total. The van der Waals surface area contributed by atoms with E-state index >= 15 is 0 Å². The van der Waals surface area contributed by atoms with Crippen LogP contribution in [0.15, 0.2) is 35.5 Å². The largest absolute Gasteiger partial charge is 0.352 e. The van der Waals surface area contributed by atoms with Crippen molar-refractivity contribution in [1.82, 2.24) is 24.3 Å². The van der Waals surface area contributed by atoms with E-state index in [1.165, 1.54) is 4.68 Å². The highest BCUT2D eigenvalue weighted by Gasteiger charge is 2.21. The van der Waals surface area contributed by atoms with E-state index in [-0.39, 0.29) is 5.56 Å². The zero-order valence-electron chi connectivity index (χ0n) is 14.5. The number of anilines is 2. The second-order valence-corrected chi connectivity index (χ2v) is 6.18. The number of aromatic nitrogens is 5. The first-order valence-corrected chi connectivity index (χ1v) is 8.51. The van der Waals surface area contributed by atoms with E-state index < -0.39 is 0 Å². The quantitative estimate of drug-likeness (QED) is 0.705. The molecule has 0 aliphatic carbocycles. The number of rotatable bonds is 3. The van der Waals surface area contributed by atoms with Crippen LogP contribution < -0.4 is 15.4 Å². The Hall–Kier alpha value is -2.90. The normalized spacial score (nSPS) is 15.1. The number of piperazine rings is 1. The lowest BCUT2D eigenvalue weighted by Gasteiger charge is -2.36. The molecule has 0 spiro atoms. The summed E-state index contributed by atoms with van der Waals surface area (Å²) in [5, 5.41) is 5.53. The van der Waals surface area contributed by atoms with Gasteiger partial charge in [0.25, 0.3) is 5.56 Å². The van der Waals surface area contributed by atoms with Crippen LogP contribution in [0.25, 0.3) is 11.0 Å². The first-order valence-electron chi connectivity index (χ1n) is 8.51. The Bertz CT molecular complexity index is 953. The van der Waals surface area contributed by atoms with Gasteiger partial charge in [0, 0.05) is 52.0 Å². The van der Waals surface area contributed by atoms with Crippen LogP contribution in [0.3, 0.4) is 0 Å². The molecule has 0 saturated carbocycles. The van der Waals surface area contributed by atoms with E-state index in [9.17, 15) is 4.79 Å². The van der Waals surface area contributed by atoms with Crippen LogP contribution in [-0.2, 0) is 13.6 Å². The van der Waals surface area contributed by atoms with Crippen molar-refractivity contribution in [2.24, 2.45) is 7.05 Å². The molecule has 3 aromatic rings. The maximum absolute atomic E-state index is 11.7. The summed E-state index contributed by atoms with van der Waals surface area (Å²) in [5.74, 6) is 1.84. The first-order chi connectivity index (χ1) is 12.2. The van der Waals surface area contributed by atoms with Gasteiger partial charge < -0.3 is 14.4 Å². The molecule has 0 unspecified atom stereocenters. The molecule has 3 aromatic heterocycles. The maximum Gasteiger partial charge on any atom is 0.266 e. The van der Waals surface area contributed by atoms with Crippen molar-refractivity contribution in [2.75, 3.05) is 36.0 Å². The minimum absolute atomic E-state index is 0.0580. The number of fused-ring (bicyclic) bond motifs is 1. The van der Waals surface area contributed by atoms with Gasteiger partial charge in [0.2, 0.25) is 0 Å². The third-order valence-corrected chi connectivity index (χ3v) is 4.70. The first kappa shape index (κ1) is 15.6. The van der Waals surface area contributed by atoms with Crippen molar-refractivity contribution < 1.29 is 0 Å². The SMILES string of the molecule is CCn1nc(N2CCN(c3ncnc4c3ccn4C)CC2)ccc1=O. The molecule has 8 nitrogen and oxygen atoms in total. The second-order valence-electron chi connectivity index (χ2n) is 6.18. The Balaban J connectivity index is 1.54. The van der Waals surface area contributed by atoms with E-state index in [1.807, 2.05) is 30.8 Å². The topological polar surface area (TPSA) is 72.1 Å². The predicted octanol–water partition coefficient (Wildman–Crippen LogP) is 0.871. The Labute approximate surface area is 145 Å². The van der Waals surface area contributed by atoms with Crippen molar-refractivity contribution >= 4 is 22.7 Å². The van der Waals surface area contributed by atoms with Crippen LogP contribution in [0, 0.1) is 0 Å². The molecule has 1 aliphatic heterocycles. The fourth-order valence-corrected chi connectivity index (χ4v) is 3.30. The molecule has 8 heteroatoms. The van der Waals surface area contributed by atoms with Gasteiger partial charge in [-0.1, -0.05) is 0 Å². The molecule has 0 bridgehead atoms. The maximum atomic E-state index is 11.7. The highest BCUT2D eigenvalue weighted by atomic mass is 16.1. The van der Waals surface area contributed by atoms with Crippen LogP contribution in [0.1, 0.15) is 6.92 Å². The standard InChI is InChI=1S/C17H21N7O/c1-3-24-15(25)5-4-14(20-24)22-8-10-23(11-9-22)17-13-6-7-21(2)16(13)18-12-19-17/h4-7,12H,3,8-11H2,1-2H3. The van der Waals surface area contributed by atoms with Crippen LogP contribution in [0.5, 0.6) is 0 Å². The molecule has 4 rings (SSSR count). The van der Waals surface area contributed by atoms with Crippen LogP contribution in [0.4, 0.5) is 11.6 Å². The van der Waals surface area contributed by atoms with E-state index in [0.29, 0.717) is 6.54 Å². The molecule has 1 saturated heterocycles. The summed E-state index contributed by atoms with van der Waals surface area (Å²) in [5.41, 5.74) is 0.890. The van der Waals surface area contributed by atoms with Gasteiger partial charge in [0.1, 0.15) is 23.6 Å². The van der Waals surface area contributed by atoms with Crippen LogP contribution in [-0.4, -0.2) is 50.5 Å². The van der Waals surface area contributed by atoms with Crippen molar-refractivity contribution in [3.63, 3.8) is 0 Å². The molecular weight excluding hydrogens is 318 g/mol. The molecule has 1 aliphatic rings. The molecular formula is C17H21N7O. The lowest BCUT2D eigenvalue weighted by atomic mass is 10.2. The molecule has 4 heterocycles. The van der Waals surface area contributed by atoms with Gasteiger partial charge in [-0.3, -0.25) is 4.79 Å². The number of hydrogen-bond donors (Lipinski definition) is 0. The summed E-state index contributed by atoms with van der Waals surface area (Å²) >= 11 is 0. The number of aryl methyl sites for hydroxylation is 2. The minimum Gasteiger partial charge on any atom is -0.352 e. The third-order valence-electron chi connectivity index (χ3n) is 4.70. The van der Waals surface area contributed by atoms with E-state index in [0.717, 1.165) is 48.8 Å². The average molecular weight is 339 g/mol. The van der Waals surface area contributed by atoms with Crippen LogP contribution >= 0.6 is 0 Å². The number of hydrogen-bond acceptors (Lipinski definition) is 6. The molecule has 130 valence electrons. The highest BCUT2D eigenvalue weighted by Crippen LogP contribution is 2.25. The molecule has 1 fully saturated rings. The summed E-state index contributed by atoms with van der Waals surface area (Å²) in [6.07, 6.45) is 3.64. The van der Waals surface area contributed by atoms with Gasteiger partial charge in [-0.15, -0.1) is 0 Å². The smallest absolute Gasteiger partial charge is 0.266 e. The van der Waals surface area contributed by atoms with Gasteiger partial charge >= 0.3 is 0 Å². The molecule has 25 heavy (non-hydrogen) atoms. The summed E-state index contributed by atoms with van der Waals surface area (Å²) in [6, 6.07) is 5.47. The summed E-state index contributed by atoms with van der Waals surface area (Å²) in [7, 11) is 1.99. The Morgan fingerprint density at radius 1 is 1.04 bits per heavy atom. The van der Waals surface area contributed by atoms with E-state index in [2.05, 4.69) is 30.9 Å². The monoisotopic (exact) mass is 339 g/mol. The lowest BCUT2D eigenvalue weighted by molar-refractivity contribution is 0.588. The van der Waals surface area contributed by atoms with Gasteiger partial charge in [0.15, 0.2) is 0 Å². The molecule has 0 aromatic carbocycles. The lowest BCUT2D eigenvalue weighted by Crippen LogP contribution is -2.47. The second kappa shape index (κ2) is 6.19. The van der Waals surface area contributed by atoms with Gasteiger partial charge in [-0.2, -0.15) is 5.10 Å². The van der Waals surface area contributed by atoms with E-state index in [1.54, 1.807) is 12.4 Å². The zero-order valence-corrected chi connectivity index (χ0v) is 14.5. The highest BCUT2D eigenvalue weighted by molar-refractivity contribution is 5.87. The fourth-order valence-electron chi connectivity index (χ4n) is 3.30. The molecule has 0 amide bonds. The van der Waals surface area contributed by atoms with Gasteiger partial charge in [-0.05, 0) is 19.1 Å². The third kappa shape index (κ3) is 2.73. The Morgan fingerprint density at radius 2 is 1.80 bits per heavy atom. The zero-order chi connectivity index (χ0) is 17.4. The molecule has 0 atom stereocenters. The van der Waals surface area contributed by atoms with Crippen molar-refractivity contribution in [2.45, 2.75) is 13.5 Å². The predicted molar refractivity (Wildman–Crippen MR) is 97.1 cm³/mol. The molecule has 0 radical (unpaired) electrons. The Kier molecular flexibility index (Phi) is 3.87. The summed E-state index contributed by atoms with van der Waals surface area (Å²) in [6.45, 7) is 5.90. The summed E-state index contributed by atoms with van der Waals surface area (Å²) in [4.78, 5) is 25.1. The van der Waals surface area contributed by atoms with Gasteiger partial charge in [0.05, 0.1) is 5.39 Å². The summed E-state index contributed by atoms with van der Waals surface area (Å²) < 4.78 is 3.51. The average Bonchev–Trinajstić information content (AvgIpc) is 3.04. The van der Waals surface area contributed by atoms with Crippen molar-refractivity contribution in [3.05, 3.63) is 41.1 Å². The minimum atomic E-state index is -0.0580.